The van der Waals surface area contributed by atoms with Crippen LogP contribution in [0.2, 0.25) is 0 Å². The van der Waals surface area contributed by atoms with Crippen LogP contribution < -0.4 is 11.2 Å². The van der Waals surface area contributed by atoms with Crippen LogP contribution in [0.4, 0.5) is 20.2 Å². The van der Waals surface area contributed by atoms with E-state index in [-0.39, 0.29) is 5.46 Å². The van der Waals surface area contributed by atoms with Crippen LogP contribution in [0, 0.1) is 21.7 Å². The van der Waals surface area contributed by atoms with E-state index in [0.29, 0.717) is 0 Å². The molecule has 0 unspecified atom stereocenters. The monoisotopic (exact) mass is 300 g/mol. The Labute approximate surface area is 120 Å². The molecule has 0 radical (unpaired) electrons. The third-order valence-electron chi connectivity index (χ3n) is 3.95. The van der Waals surface area contributed by atoms with Crippen molar-refractivity contribution >= 4 is 24.0 Å². The van der Waals surface area contributed by atoms with Gasteiger partial charge in [0.15, 0.2) is 11.6 Å². The zero-order chi connectivity index (χ0) is 16.2. The van der Waals surface area contributed by atoms with E-state index < -0.39 is 46.3 Å². The van der Waals surface area contributed by atoms with Crippen molar-refractivity contribution in [2.24, 2.45) is 0 Å². The molecule has 9 heteroatoms. The normalized spacial score (nSPS) is 19.8. The number of anilines is 1. The number of hydrogen-bond acceptors (Lipinski definition) is 5. The van der Waals surface area contributed by atoms with Gasteiger partial charge in [-0.15, -0.1) is 0 Å². The van der Waals surface area contributed by atoms with E-state index in [1.54, 1.807) is 27.7 Å². The lowest BCUT2D eigenvalue weighted by Gasteiger charge is -2.32. The van der Waals surface area contributed by atoms with Crippen LogP contribution >= 0.6 is 0 Å². The third-order valence-corrected chi connectivity index (χ3v) is 3.95. The van der Waals surface area contributed by atoms with E-state index in [4.69, 9.17) is 15.0 Å². The standard InChI is InChI=1S/C12H15BF2N2O4/c1-11(2)12(3,4)21-13(20-11)6-5-7(17(18)19)10(16)9(15)8(6)14/h5H,16H2,1-4H3. The van der Waals surface area contributed by atoms with Gasteiger partial charge in [0, 0.05) is 11.5 Å². The topological polar surface area (TPSA) is 87.6 Å². The molecule has 1 aromatic rings. The van der Waals surface area contributed by atoms with E-state index in [1.165, 1.54) is 0 Å². The first-order valence-corrected chi connectivity index (χ1v) is 6.25. The number of benzene rings is 1. The summed E-state index contributed by atoms with van der Waals surface area (Å²) in [7, 11) is -1.25. The van der Waals surface area contributed by atoms with Crippen LogP contribution in [0.1, 0.15) is 27.7 Å². The second-order valence-corrected chi connectivity index (χ2v) is 5.87. The van der Waals surface area contributed by atoms with E-state index in [2.05, 4.69) is 0 Å². The molecular formula is C12H15BF2N2O4. The van der Waals surface area contributed by atoms with E-state index >= 15 is 0 Å². The maximum atomic E-state index is 14.0. The van der Waals surface area contributed by atoms with Crippen LogP contribution in [0.15, 0.2) is 6.07 Å². The van der Waals surface area contributed by atoms with Gasteiger partial charge in [-0.3, -0.25) is 10.1 Å². The van der Waals surface area contributed by atoms with Crippen LogP contribution in [0.25, 0.3) is 0 Å². The first-order valence-electron chi connectivity index (χ1n) is 6.25. The Morgan fingerprint density at radius 2 is 1.67 bits per heavy atom. The van der Waals surface area contributed by atoms with Crippen molar-refractivity contribution in [1.29, 1.82) is 0 Å². The highest BCUT2D eigenvalue weighted by molar-refractivity contribution is 6.62. The van der Waals surface area contributed by atoms with Gasteiger partial charge in [0.25, 0.3) is 5.69 Å². The van der Waals surface area contributed by atoms with Crippen molar-refractivity contribution in [3.05, 3.63) is 27.8 Å². The summed E-state index contributed by atoms with van der Waals surface area (Å²) in [6, 6.07) is 0.843. The minimum atomic E-state index is -1.48. The summed E-state index contributed by atoms with van der Waals surface area (Å²) in [6.07, 6.45) is 0. The smallest absolute Gasteiger partial charge is 0.399 e. The molecule has 0 aromatic heterocycles. The molecule has 1 saturated heterocycles. The third kappa shape index (κ3) is 2.36. The Hall–Kier alpha value is -1.74. The molecule has 1 heterocycles. The molecule has 114 valence electrons. The summed E-state index contributed by atoms with van der Waals surface area (Å²) in [5.74, 6) is -2.79. The van der Waals surface area contributed by atoms with Crippen molar-refractivity contribution in [3.8, 4) is 0 Å². The highest BCUT2D eigenvalue weighted by atomic mass is 19.2. The van der Waals surface area contributed by atoms with E-state index in [1.807, 2.05) is 0 Å². The predicted octanol–water partition coefficient (Wildman–Crippen LogP) is 1.75. The lowest BCUT2D eigenvalue weighted by Crippen LogP contribution is -2.41. The molecule has 2 rings (SSSR count). The van der Waals surface area contributed by atoms with Crippen LogP contribution in [-0.4, -0.2) is 23.2 Å². The average molecular weight is 300 g/mol. The van der Waals surface area contributed by atoms with Crippen molar-refractivity contribution in [2.75, 3.05) is 5.73 Å². The fourth-order valence-electron chi connectivity index (χ4n) is 1.94. The largest absolute Gasteiger partial charge is 0.498 e. The second kappa shape index (κ2) is 4.64. The number of nitrogens with zero attached hydrogens (tertiary/aromatic N) is 1. The van der Waals surface area contributed by atoms with E-state index in [9.17, 15) is 18.9 Å². The molecule has 21 heavy (non-hydrogen) atoms. The van der Waals surface area contributed by atoms with Gasteiger partial charge in [-0.1, -0.05) is 0 Å². The molecule has 1 aliphatic rings. The molecule has 0 saturated carbocycles. The summed E-state index contributed by atoms with van der Waals surface area (Å²) < 4.78 is 38.9. The molecule has 1 aromatic carbocycles. The number of hydrogen-bond donors (Lipinski definition) is 1. The predicted molar refractivity (Wildman–Crippen MR) is 73.1 cm³/mol. The molecule has 1 fully saturated rings. The van der Waals surface area contributed by atoms with Gasteiger partial charge < -0.3 is 15.0 Å². The Balaban J connectivity index is 2.54. The zero-order valence-electron chi connectivity index (χ0n) is 12.1. The number of nitro groups is 1. The average Bonchev–Trinajstić information content (AvgIpc) is 2.55. The minimum Gasteiger partial charge on any atom is -0.399 e. The summed E-state index contributed by atoms with van der Waals surface area (Å²) in [5, 5.41) is 10.9. The number of rotatable bonds is 2. The fourth-order valence-corrected chi connectivity index (χ4v) is 1.94. The van der Waals surface area contributed by atoms with Gasteiger partial charge in [-0.2, -0.15) is 0 Å². The van der Waals surface area contributed by atoms with Gasteiger partial charge in [-0.05, 0) is 27.7 Å². The zero-order valence-corrected chi connectivity index (χ0v) is 12.1. The molecule has 0 spiro atoms. The Bertz CT molecular complexity index is 606. The number of nitro benzene ring substituents is 1. The lowest BCUT2D eigenvalue weighted by atomic mass is 9.78. The quantitative estimate of drug-likeness (QED) is 0.389. The summed E-state index contributed by atoms with van der Waals surface area (Å²) in [4.78, 5) is 9.98. The molecule has 0 atom stereocenters. The van der Waals surface area contributed by atoms with Crippen molar-refractivity contribution in [3.63, 3.8) is 0 Å². The Morgan fingerprint density at radius 1 is 1.19 bits per heavy atom. The van der Waals surface area contributed by atoms with Gasteiger partial charge in [0.1, 0.15) is 5.69 Å². The molecule has 2 N–H and O–H groups in total. The second-order valence-electron chi connectivity index (χ2n) is 5.87. The SMILES string of the molecule is CC1(C)OB(c2cc([N+](=O)[O-])c(N)c(F)c2F)OC1(C)C. The summed E-state index contributed by atoms with van der Waals surface area (Å²) >= 11 is 0. The lowest BCUT2D eigenvalue weighted by molar-refractivity contribution is -0.384. The number of halogens is 2. The Kier molecular flexibility index (Phi) is 3.46. The number of nitrogen functional groups attached to an aromatic ring is 1. The van der Waals surface area contributed by atoms with Crippen LogP contribution in [0.3, 0.4) is 0 Å². The van der Waals surface area contributed by atoms with Gasteiger partial charge >= 0.3 is 7.12 Å². The van der Waals surface area contributed by atoms with Gasteiger partial charge in [0.05, 0.1) is 16.1 Å². The number of nitrogens with two attached hydrogens (primary N) is 1. The molecule has 1 aliphatic heterocycles. The molecule has 6 nitrogen and oxygen atoms in total. The fraction of sp³-hybridized carbons (Fsp3) is 0.500. The van der Waals surface area contributed by atoms with Crippen molar-refractivity contribution in [1.82, 2.24) is 0 Å². The molecule has 0 aliphatic carbocycles. The maximum Gasteiger partial charge on any atom is 0.498 e. The molecular weight excluding hydrogens is 285 g/mol. The maximum absolute atomic E-state index is 14.0. The van der Waals surface area contributed by atoms with Crippen molar-refractivity contribution < 1.29 is 23.0 Å². The van der Waals surface area contributed by atoms with Crippen LogP contribution in [-0.2, 0) is 9.31 Å². The van der Waals surface area contributed by atoms with Gasteiger partial charge in [0.2, 0.25) is 0 Å². The first-order chi connectivity index (χ1) is 9.48. The molecule has 0 amide bonds. The van der Waals surface area contributed by atoms with Gasteiger partial charge in [-0.25, -0.2) is 8.78 Å². The molecule has 0 bridgehead atoms. The summed E-state index contributed by atoms with van der Waals surface area (Å²) in [6.45, 7) is 6.92. The summed E-state index contributed by atoms with van der Waals surface area (Å²) in [5.41, 5.74) is 1.70. The Morgan fingerprint density at radius 3 is 2.10 bits per heavy atom. The highest BCUT2D eigenvalue weighted by Gasteiger charge is 2.53. The van der Waals surface area contributed by atoms with E-state index in [0.717, 1.165) is 6.07 Å². The first kappa shape index (κ1) is 15.6. The van der Waals surface area contributed by atoms with Crippen LogP contribution in [0.5, 0.6) is 0 Å². The minimum absolute atomic E-state index is 0.382. The van der Waals surface area contributed by atoms with Crippen molar-refractivity contribution in [2.45, 2.75) is 38.9 Å². The highest BCUT2D eigenvalue weighted by Crippen LogP contribution is 2.37.